The molecule has 2 aromatic rings. The molecule has 0 aliphatic carbocycles. The Kier molecular flexibility index (Phi) is 4.92. The van der Waals surface area contributed by atoms with Crippen LogP contribution in [0.3, 0.4) is 0 Å². The highest BCUT2D eigenvalue weighted by atomic mass is 19.1. The summed E-state index contributed by atoms with van der Waals surface area (Å²) in [7, 11) is 0. The Bertz CT molecular complexity index is 697. The van der Waals surface area contributed by atoms with E-state index in [-0.39, 0.29) is 11.7 Å². The first-order valence-corrected chi connectivity index (χ1v) is 7.92. The van der Waals surface area contributed by atoms with Crippen molar-refractivity contribution >= 4 is 23.3 Å². The lowest BCUT2D eigenvalue weighted by atomic mass is 10.2. The Morgan fingerprint density at radius 3 is 1.96 bits per heavy atom. The predicted octanol–water partition coefficient (Wildman–Crippen LogP) is 3.60. The maximum atomic E-state index is 12.9. The molecule has 7 heteroatoms. The van der Waals surface area contributed by atoms with Gasteiger partial charge in [0.1, 0.15) is 17.7 Å². The molecular formula is C18H17F2N3O2. The maximum Gasteiger partial charge on any atom is 0.322 e. The van der Waals surface area contributed by atoms with Gasteiger partial charge in [-0.15, -0.1) is 0 Å². The average molecular weight is 345 g/mol. The van der Waals surface area contributed by atoms with E-state index in [1.807, 2.05) is 0 Å². The first-order valence-electron chi connectivity index (χ1n) is 7.92. The van der Waals surface area contributed by atoms with Gasteiger partial charge in [-0.05, 0) is 61.4 Å². The Balaban J connectivity index is 1.64. The molecule has 0 saturated carbocycles. The average Bonchev–Trinajstić information content (AvgIpc) is 3.09. The largest absolute Gasteiger partial charge is 0.324 e. The highest BCUT2D eigenvalue weighted by molar-refractivity contribution is 5.99. The standard InChI is InChI=1S/C18H17F2N3O2/c19-12-3-7-14(8-4-12)21-17(24)16-2-1-11-23(16)18(25)22-15-9-5-13(20)6-10-15/h3-10,16H,1-2,11H2,(H,21,24)(H,22,25)/t16-/m1/s1. The quantitative estimate of drug-likeness (QED) is 0.893. The number of anilines is 2. The summed E-state index contributed by atoms with van der Waals surface area (Å²) in [5.74, 6) is -1.10. The molecule has 3 rings (SSSR count). The van der Waals surface area contributed by atoms with Crippen molar-refractivity contribution in [3.05, 3.63) is 60.2 Å². The fraction of sp³-hybridized carbons (Fsp3) is 0.222. The Hall–Kier alpha value is -2.96. The van der Waals surface area contributed by atoms with E-state index in [0.29, 0.717) is 30.8 Å². The van der Waals surface area contributed by atoms with Gasteiger partial charge in [0.2, 0.25) is 5.91 Å². The molecule has 1 aliphatic rings. The highest BCUT2D eigenvalue weighted by Gasteiger charge is 2.34. The van der Waals surface area contributed by atoms with Crippen LogP contribution in [0.1, 0.15) is 12.8 Å². The number of benzene rings is 2. The van der Waals surface area contributed by atoms with Crippen LogP contribution in [-0.2, 0) is 4.79 Å². The van der Waals surface area contributed by atoms with Crippen molar-refractivity contribution in [3.8, 4) is 0 Å². The molecule has 1 atom stereocenters. The van der Waals surface area contributed by atoms with Gasteiger partial charge < -0.3 is 15.5 Å². The van der Waals surface area contributed by atoms with Crippen molar-refractivity contribution in [1.29, 1.82) is 0 Å². The number of carbonyl (C=O) groups excluding carboxylic acids is 2. The number of nitrogens with one attached hydrogen (secondary N) is 2. The smallest absolute Gasteiger partial charge is 0.322 e. The number of amides is 3. The van der Waals surface area contributed by atoms with E-state index in [0.717, 1.165) is 0 Å². The molecule has 0 unspecified atom stereocenters. The molecule has 0 bridgehead atoms. The third kappa shape index (κ3) is 4.12. The molecule has 5 nitrogen and oxygen atoms in total. The number of urea groups is 1. The van der Waals surface area contributed by atoms with E-state index < -0.39 is 17.9 Å². The second-order valence-corrected chi connectivity index (χ2v) is 5.78. The van der Waals surface area contributed by atoms with Crippen molar-refractivity contribution in [2.24, 2.45) is 0 Å². The summed E-state index contributed by atoms with van der Waals surface area (Å²) in [6, 6.07) is 9.82. The van der Waals surface area contributed by atoms with Gasteiger partial charge in [0.25, 0.3) is 0 Å². The predicted molar refractivity (Wildman–Crippen MR) is 90.2 cm³/mol. The van der Waals surface area contributed by atoms with Crippen molar-refractivity contribution in [1.82, 2.24) is 4.90 Å². The van der Waals surface area contributed by atoms with E-state index in [1.165, 1.54) is 53.4 Å². The monoisotopic (exact) mass is 345 g/mol. The van der Waals surface area contributed by atoms with Gasteiger partial charge in [-0.1, -0.05) is 0 Å². The molecule has 0 spiro atoms. The zero-order chi connectivity index (χ0) is 17.8. The van der Waals surface area contributed by atoms with Crippen LogP contribution in [0.15, 0.2) is 48.5 Å². The summed E-state index contributed by atoms with van der Waals surface area (Å²) in [5, 5.41) is 5.35. The SMILES string of the molecule is O=C(Nc1ccc(F)cc1)[C@H]1CCCN1C(=O)Nc1ccc(F)cc1. The van der Waals surface area contributed by atoms with Crippen molar-refractivity contribution < 1.29 is 18.4 Å². The first-order chi connectivity index (χ1) is 12.0. The molecule has 3 amide bonds. The minimum absolute atomic E-state index is 0.321. The number of rotatable bonds is 3. The van der Waals surface area contributed by atoms with Crippen LogP contribution in [0.2, 0.25) is 0 Å². The van der Waals surface area contributed by atoms with Gasteiger partial charge in [0.15, 0.2) is 0 Å². The van der Waals surface area contributed by atoms with Crippen molar-refractivity contribution in [2.75, 3.05) is 17.2 Å². The molecule has 1 fully saturated rings. The number of halogens is 2. The van der Waals surface area contributed by atoms with Gasteiger partial charge >= 0.3 is 6.03 Å². The number of carbonyl (C=O) groups is 2. The Morgan fingerprint density at radius 1 is 0.880 bits per heavy atom. The third-order valence-electron chi connectivity index (χ3n) is 4.02. The Labute approximate surface area is 143 Å². The minimum Gasteiger partial charge on any atom is -0.324 e. The summed E-state index contributed by atoms with van der Waals surface area (Å²) in [5.41, 5.74) is 0.924. The van der Waals surface area contributed by atoms with Crippen LogP contribution >= 0.6 is 0 Å². The summed E-state index contributed by atoms with van der Waals surface area (Å²) < 4.78 is 25.9. The topological polar surface area (TPSA) is 61.4 Å². The number of likely N-dealkylation sites (tertiary alicyclic amines) is 1. The van der Waals surface area contributed by atoms with E-state index >= 15 is 0 Å². The van der Waals surface area contributed by atoms with E-state index in [4.69, 9.17) is 0 Å². The molecule has 2 N–H and O–H groups in total. The summed E-state index contributed by atoms with van der Waals surface area (Å²) in [6.07, 6.45) is 1.25. The normalized spacial score (nSPS) is 16.6. The van der Waals surface area contributed by atoms with Crippen LogP contribution in [0.25, 0.3) is 0 Å². The molecule has 0 aromatic heterocycles. The lowest BCUT2D eigenvalue weighted by molar-refractivity contribution is -0.119. The van der Waals surface area contributed by atoms with E-state index in [2.05, 4.69) is 10.6 Å². The van der Waals surface area contributed by atoms with E-state index in [9.17, 15) is 18.4 Å². The molecule has 1 saturated heterocycles. The fourth-order valence-corrected chi connectivity index (χ4v) is 2.77. The van der Waals surface area contributed by atoms with E-state index in [1.54, 1.807) is 0 Å². The van der Waals surface area contributed by atoms with Crippen molar-refractivity contribution in [2.45, 2.75) is 18.9 Å². The summed E-state index contributed by atoms with van der Waals surface area (Å²) in [4.78, 5) is 26.3. The van der Waals surface area contributed by atoms with Gasteiger partial charge in [-0.25, -0.2) is 13.6 Å². The number of hydrogen-bond acceptors (Lipinski definition) is 2. The second-order valence-electron chi connectivity index (χ2n) is 5.78. The number of hydrogen-bond donors (Lipinski definition) is 2. The Morgan fingerprint density at radius 2 is 1.40 bits per heavy atom. The van der Waals surface area contributed by atoms with Gasteiger partial charge in [-0.3, -0.25) is 4.79 Å². The number of nitrogens with zero attached hydrogens (tertiary/aromatic N) is 1. The molecule has 0 radical (unpaired) electrons. The lowest BCUT2D eigenvalue weighted by Crippen LogP contribution is -2.45. The molecule has 130 valence electrons. The minimum atomic E-state index is -0.606. The zero-order valence-electron chi connectivity index (χ0n) is 13.3. The van der Waals surface area contributed by atoms with Crippen LogP contribution < -0.4 is 10.6 Å². The first kappa shape index (κ1) is 16.9. The maximum absolute atomic E-state index is 12.9. The van der Waals surface area contributed by atoms with Gasteiger partial charge in [0.05, 0.1) is 0 Å². The molecular weight excluding hydrogens is 328 g/mol. The third-order valence-corrected chi connectivity index (χ3v) is 4.02. The molecule has 1 heterocycles. The van der Waals surface area contributed by atoms with Gasteiger partial charge in [0, 0.05) is 17.9 Å². The highest BCUT2D eigenvalue weighted by Crippen LogP contribution is 2.21. The lowest BCUT2D eigenvalue weighted by Gasteiger charge is -2.24. The van der Waals surface area contributed by atoms with Crippen LogP contribution in [-0.4, -0.2) is 29.4 Å². The van der Waals surface area contributed by atoms with Crippen LogP contribution in [0.5, 0.6) is 0 Å². The fourth-order valence-electron chi connectivity index (χ4n) is 2.77. The molecule has 25 heavy (non-hydrogen) atoms. The summed E-state index contributed by atoms with van der Waals surface area (Å²) in [6.45, 7) is 0.453. The summed E-state index contributed by atoms with van der Waals surface area (Å²) >= 11 is 0. The van der Waals surface area contributed by atoms with Crippen molar-refractivity contribution in [3.63, 3.8) is 0 Å². The van der Waals surface area contributed by atoms with Crippen LogP contribution in [0.4, 0.5) is 25.0 Å². The second kappa shape index (κ2) is 7.29. The van der Waals surface area contributed by atoms with Crippen LogP contribution in [0, 0.1) is 11.6 Å². The molecule has 1 aliphatic heterocycles. The van der Waals surface area contributed by atoms with Gasteiger partial charge in [-0.2, -0.15) is 0 Å². The molecule has 2 aromatic carbocycles. The zero-order valence-corrected chi connectivity index (χ0v) is 13.3.